The lowest BCUT2D eigenvalue weighted by molar-refractivity contribution is -0.118. The molecule has 0 unspecified atom stereocenters. The second-order valence-corrected chi connectivity index (χ2v) is 7.89. The fourth-order valence-corrected chi connectivity index (χ4v) is 3.99. The van der Waals surface area contributed by atoms with Crippen LogP contribution in [0, 0.1) is 5.92 Å². The number of pyridine rings is 1. The molecule has 2 aliphatic rings. The maximum Gasteiger partial charge on any atom is 0.143 e. The van der Waals surface area contributed by atoms with Gasteiger partial charge in [0.1, 0.15) is 11.6 Å². The normalized spacial score (nSPS) is 20.3. The van der Waals surface area contributed by atoms with E-state index in [1.807, 2.05) is 13.1 Å². The smallest absolute Gasteiger partial charge is 0.143 e. The Morgan fingerprint density at radius 1 is 1.08 bits per heavy atom. The SMILES string of the molecule is C=C(C)c1ccc(N2CCN(CC3CCN(CC(C)=O)CC3)CC2)nc1. The van der Waals surface area contributed by atoms with Crippen molar-refractivity contribution in [3.05, 3.63) is 30.5 Å². The molecule has 0 amide bonds. The summed E-state index contributed by atoms with van der Waals surface area (Å²) >= 11 is 0. The Kier molecular flexibility index (Phi) is 6.43. The highest BCUT2D eigenvalue weighted by Gasteiger charge is 2.24. The molecule has 2 aliphatic heterocycles. The molecule has 0 radical (unpaired) electrons. The molecule has 0 aliphatic carbocycles. The van der Waals surface area contributed by atoms with Crippen molar-refractivity contribution >= 4 is 17.2 Å². The number of Topliss-reactive ketones (excluding diaryl/α,β-unsaturated/α-hetero) is 1. The molecule has 0 spiro atoms. The third-order valence-electron chi connectivity index (χ3n) is 5.61. The van der Waals surface area contributed by atoms with Crippen LogP contribution < -0.4 is 4.90 Å². The Labute approximate surface area is 157 Å². The van der Waals surface area contributed by atoms with Gasteiger partial charge in [-0.1, -0.05) is 6.58 Å². The third-order valence-corrected chi connectivity index (χ3v) is 5.61. The van der Waals surface area contributed by atoms with Crippen molar-refractivity contribution in [2.24, 2.45) is 5.92 Å². The molecular weight excluding hydrogens is 324 g/mol. The molecule has 3 heterocycles. The lowest BCUT2D eigenvalue weighted by atomic mass is 9.95. The molecule has 5 heteroatoms. The predicted octanol–water partition coefficient (Wildman–Crippen LogP) is 2.54. The molecular formula is C21H32N4O. The minimum atomic E-state index is 0.282. The number of anilines is 1. The second kappa shape index (κ2) is 8.78. The number of nitrogens with zero attached hydrogens (tertiary/aromatic N) is 4. The number of ketones is 1. The van der Waals surface area contributed by atoms with E-state index >= 15 is 0 Å². The minimum Gasteiger partial charge on any atom is -0.354 e. The van der Waals surface area contributed by atoms with Crippen molar-refractivity contribution in [1.29, 1.82) is 0 Å². The summed E-state index contributed by atoms with van der Waals surface area (Å²) in [6, 6.07) is 4.23. The second-order valence-electron chi connectivity index (χ2n) is 7.89. The predicted molar refractivity (Wildman–Crippen MR) is 107 cm³/mol. The molecule has 1 aromatic heterocycles. The summed E-state index contributed by atoms with van der Waals surface area (Å²) in [4.78, 5) is 23.1. The highest BCUT2D eigenvalue weighted by atomic mass is 16.1. The van der Waals surface area contributed by atoms with Gasteiger partial charge in [0.2, 0.25) is 0 Å². The van der Waals surface area contributed by atoms with Crippen molar-refractivity contribution < 1.29 is 4.79 Å². The topological polar surface area (TPSA) is 39.7 Å². The average molecular weight is 357 g/mol. The first-order valence-electron chi connectivity index (χ1n) is 9.82. The summed E-state index contributed by atoms with van der Waals surface area (Å²) in [5.41, 5.74) is 2.17. The van der Waals surface area contributed by atoms with Crippen molar-refractivity contribution in [1.82, 2.24) is 14.8 Å². The maximum absolute atomic E-state index is 11.2. The highest BCUT2D eigenvalue weighted by Crippen LogP contribution is 2.21. The number of carbonyl (C=O) groups is 1. The van der Waals surface area contributed by atoms with Crippen molar-refractivity contribution in [3.63, 3.8) is 0 Å². The van der Waals surface area contributed by atoms with Gasteiger partial charge in [-0.2, -0.15) is 0 Å². The zero-order valence-electron chi connectivity index (χ0n) is 16.3. The van der Waals surface area contributed by atoms with E-state index in [9.17, 15) is 4.79 Å². The largest absolute Gasteiger partial charge is 0.354 e. The monoisotopic (exact) mass is 356 g/mol. The van der Waals surface area contributed by atoms with Gasteiger partial charge in [0.05, 0.1) is 6.54 Å². The summed E-state index contributed by atoms with van der Waals surface area (Å²) < 4.78 is 0. The van der Waals surface area contributed by atoms with Gasteiger partial charge in [-0.25, -0.2) is 4.98 Å². The minimum absolute atomic E-state index is 0.282. The number of aromatic nitrogens is 1. The zero-order chi connectivity index (χ0) is 18.5. The van der Waals surface area contributed by atoms with Crippen LogP contribution in [0.3, 0.4) is 0 Å². The van der Waals surface area contributed by atoms with Crippen LogP contribution in [0.25, 0.3) is 5.57 Å². The summed E-state index contributed by atoms with van der Waals surface area (Å²) in [5.74, 6) is 2.13. The third kappa shape index (κ3) is 5.15. The molecule has 0 bridgehead atoms. The molecule has 26 heavy (non-hydrogen) atoms. The summed E-state index contributed by atoms with van der Waals surface area (Å²) in [6.45, 7) is 15.9. The molecule has 0 aromatic carbocycles. The molecule has 5 nitrogen and oxygen atoms in total. The Balaban J connectivity index is 1.41. The van der Waals surface area contributed by atoms with Gasteiger partial charge in [-0.15, -0.1) is 0 Å². The van der Waals surface area contributed by atoms with Crippen LogP contribution in [0.1, 0.15) is 32.3 Å². The number of hydrogen-bond acceptors (Lipinski definition) is 5. The molecule has 142 valence electrons. The molecule has 2 saturated heterocycles. The molecule has 0 N–H and O–H groups in total. The Morgan fingerprint density at radius 2 is 1.77 bits per heavy atom. The Morgan fingerprint density at radius 3 is 2.31 bits per heavy atom. The lowest BCUT2D eigenvalue weighted by Gasteiger charge is -2.39. The van der Waals surface area contributed by atoms with Crippen LogP contribution in [0.4, 0.5) is 5.82 Å². The molecule has 2 fully saturated rings. The average Bonchev–Trinajstić information content (AvgIpc) is 2.64. The molecule has 1 aromatic rings. The number of piperazine rings is 1. The van der Waals surface area contributed by atoms with Crippen LogP contribution in [0.5, 0.6) is 0 Å². The first-order chi connectivity index (χ1) is 12.5. The van der Waals surface area contributed by atoms with E-state index in [-0.39, 0.29) is 5.78 Å². The van der Waals surface area contributed by atoms with Crippen molar-refractivity contribution in [2.45, 2.75) is 26.7 Å². The zero-order valence-corrected chi connectivity index (χ0v) is 16.3. The van der Waals surface area contributed by atoms with E-state index in [1.165, 1.54) is 19.4 Å². The van der Waals surface area contributed by atoms with Crippen LogP contribution >= 0.6 is 0 Å². The molecule has 0 saturated carbocycles. The van der Waals surface area contributed by atoms with Gasteiger partial charge in [-0.05, 0) is 69.0 Å². The Bertz CT molecular complexity index is 611. The van der Waals surface area contributed by atoms with E-state index in [1.54, 1.807) is 6.92 Å². The first kappa shape index (κ1) is 19.1. The lowest BCUT2D eigenvalue weighted by Crippen LogP contribution is -2.49. The molecule has 3 rings (SSSR count). The van der Waals surface area contributed by atoms with E-state index in [4.69, 9.17) is 0 Å². The van der Waals surface area contributed by atoms with Crippen LogP contribution in [0.15, 0.2) is 24.9 Å². The number of hydrogen-bond donors (Lipinski definition) is 0. The summed E-state index contributed by atoms with van der Waals surface area (Å²) in [5, 5.41) is 0. The van der Waals surface area contributed by atoms with Crippen LogP contribution in [-0.2, 0) is 4.79 Å². The Hall–Kier alpha value is -1.72. The number of allylic oxidation sites excluding steroid dienone is 1. The summed E-state index contributed by atoms with van der Waals surface area (Å²) in [7, 11) is 0. The van der Waals surface area contributed by atoms with Gasteiger partial charge in [0.15, 0.2) is 0 Å². The number of piperidine rings is 1. The van der Waals surface area contributed by atoms with Crippen molar-refractivity contribution in [3.8, 4) is 0 Å². The highest BCUT2D eigenvalue weighted by molar-refractivity contribution is 5.77. The van der Waals surface area contributed by atoms with Crippen LogP contribution in [0.2, 0.25) is 0 Å². The fourth-order valence-electron chi connectivity index (χ4n) is 3.99. The van der Waals surface area contributed by atoms with E-state index in [0.29, 0.717) is 6.54 Å². The molecule has 0 atom stereocenters. The maximum atomic E-state index is 11.2. The number of rotatable bonds is 6. The summed E-state index contributed by atoms with van der Waals surface area (Å²) in [6.07, 6.45) is 4.37. The standard InChI is InChI=1S/C21H32N4O/c1-17(2)20-4-5-21(22-14-20)25-12-10-24(11-13-25)16-19-6-8-23(9-7-19)15-18(3)26/h4-5,14,19H,1,6-13,15-16H2,2-3H3. The van der Waals surface area contributed by atoms with E-state index in [2.05, 4.69) is 38.4 Å². The number of likely N-dealkylation sites (tertiary alicyclic amines) is 1. The first-order valence-corrected chi connectivity index (χ1v) is 9.82. The van der Waals surface area contributed by atoms with Gasteiger partial charge >= 0.3 is 0 Å². The fraction of sp³-hybridized carbons (Fsp3) is 0.619. The quantitative estimate of drug-likeness (QED) is 0.783. The van der Waals surface area contributed by atoms with Gasteiger partial charge in [0.25, 0.3) is 0 Å². The van der Waals surface area contributed by atoms with E-state index in [0.717, 1.165) is 62.1 Å². The van der Waals surface area contributed by atoms with Gasteiger partial charge in [0, 0.05) is 38.9 Å². The van der Waals surface area contributed by atoms with E-state index < -0.39 is 0 Å². The number of carbonyl (C=O) groups excluding carboxylic acids is 1. The van der Waals surface area contributed by atoms with Crippen molar-refractivity contribution in [2.75, 3.05) is 57.3 Å². The van der Waals surface area contributed by atoms with Gasteiger partial charge in [-0.3, -0.25) is 14.6 Å². The van der Waals surface area contributed by atoms with Crippen LogP contribution in [-0.4, -0.2) is 72.9 Å². The van der Waals surface area contributed by atoms with Gasteiger partial charge < -0.3 is 4.90 Å².